The lowest BCUT2D eigenvalue weighted by Crippen LogP contribution is -2.35. The zero-order valence-corrected chi connectivity index (χ0v) is 13.5. The van der Waals surface area contributed by atoms with Crippen LogP contribution in [0.15, 0.2) is 29.2 Å². The van der Waals surface area contributed by atoms with Crippen LogP contribution < -0.4 is 4.74 Å². The lowest BCUT2D eigenvalue weighted by Gasteiger charge is -2.23. The molecule has 0 bridgehead atoms. The second kappa shape index (κ2) is 8.51. The zero-order chi connectivity index (χ0) is 17.5. The molecule has 1 rings (SSSR count). The fraction of sp³-hybridized carbons (Fsp3) is 0.571. The van der Waals surface area contributed by atoms with Gasteiger partial charge in [-0.3, -0.25) is 0 Å². The smallest absolute Gasteiger partial charge is 0.404 e. The number of hydrogen-bond donors (Lipinski definition) is 1. The first-order chi connectivity index (χ1) is 10.7. The summed E-state index contributed by atoms with van der Waals surface area (Å²) in [7, 11) is -4.20. The van der Waals surface area contributed by atoms with Gasteiger partial charge in [-0.05, 0) is 18.6 Å². The van der Waals surface area contributed by atoms with Crippen molar-refractivity contribution >= 4 is 10.0 Å². The predicted molar refractivity (Wildman–Crippen MR) is 78.5 cm³/mol. The molecule has 0 spiro atoms. The van der Waals surface area contributed by atoms with E-state index in [1.165, 1.54) is 12.1 Å². The molecule has 0 aliphatic heterocycles. The Hall–Kier alpha value is -1.32. The highest BCUT2D eigenvalue weighted by molar-refractivity contribution is 7.89. The molecule has 0 amide bonds. The van der Waals surface area contributed by atoms with Crippen molar-refractivity contribution in [1.82, 2.24) is 4.31 Å². The average molecular weight is 355 g/mol. The number of ether oxygens (including phenoxy) is 1. The van der Waals surface area contributed by atoms with Crippen molar-refractivity contribution < 1.29 is 31.4 Å². The third kappa shape index (κ3) is 6.00. The van der Waals surface area contributed by atoms with Gasteiger partial charge in [0.1, 0.15) is 10.6 Å². The first-order valence-corrected chi connectivity index (χ1v) is 8.62. The van der Waals surface area contributed by atoms with Crippen LogP contribution in [0, 0.1) is 0 Å². The van der Waals surface area contributed by atoms with E-state index in [0.717, 1.165) is 29.3 Å². The normalized spacial score (nSPS) is 12.6. The quantitative estimate of drug-likeness (QED) is 0.692. The highest BCUT2D eigenvalue weighted by atomic mass is 32.2. The van der Waals surface area contributed by atoms with E-state index in [9.17, 15) is 21.6 Å². The number of unbranched alkanes of at least 4 members (excludes halogenated alkanes) is 2. The standard InChI is InChI=1S/C14H20F3NO4S/c1-2-3-6-9-18(10-11-19)23(20,21)13-8-5-4-7-12(13)22-14(15,16)17/h4-5,7-8,19H,2-3,6,9-11H2,1H3. The summed E-state index contributed by atoms with van der Waals surface area (Å²) >= 11 is 0. The maximum absolute atomic E-state index is 12.6. The molecule has 0 saturated heterocycles. The molecule has 0 atom stereocenters. The summed E-state index contributed by atoms with van der Waals surface area (Å²) < 4.78 is 67.3. The van der Waals surface area contributed by atoms with Gasteiger partial charge in [-0.2, -0.15) is 4.31 Å². The fourth-order valence-corrected chi connectivity index (χ4v) is 3.60. The van der Waals surface area contributed by atoms with Gasteiger partial charge in [-0.15, -0.1) is 13.2 Å². The van der Waals surface area contributed by atoms with E-state index < -0.39 is 33.6 Å². The predicted octanol–water partition coefficient (Wildman–Crippen LogP) is 2.76. The Bertz CT molecular complexity index is 590. The Balaban J connectivity index is 3.13. The molecule has 0 saturated carbocycles. The molecule has 1 aromatic rings. The van der Waals surface area contributed by atoms with Crippen molar-refractivity contribution in [1.29, 1.82) is 0 Å². The van der Waals surface area contributed by atoms with Gasteiger partial charge >= 0.3 is 6.36 Å². The summed E-state index contributed by atoms with van der Waals surface area (Å²) in [6, 6.07) is 4.58. The van der Waals surface area contributed by atoms with Crippen LogP contribution in [0.2, 0.25) is 0 Å². The molecule has 1 N–H and O–H groups in total. The number of aliphatic hydroxyl groups excluding tert-OH is 1. The second-order valence-electron chi connectivity index (χ2n) is 4.83. The molecule has 0 heterocycles. The van der Waals surface area contributed by atoms with Gasteiger partial charge in [0.25, 0.3) is 0 Å². The molecule has 0 aliphatic rings. The van der Waals surface area contributed by atoms with Crippen LogP contribution >= 0.6 is 0 Å². The van der Waals surface area contributed by atoms with Crippen molar-refractivity contribution in [2.45, 2.75) is 37.4 Å². The van der Waals surface area contributed by atoms with E-state index in [1.54, 1.807) is 0 Å². The number of rotatable bonds is 9. The van der Waals surface area contributed by atoms with Crippen LogP contribution in [-0.2, 0) is 10.0 Å². The van der Waals surface area contributed by atoms with Crippen LogP contribution in [0.4, 0.5) is 13.2 Å². The van der Waals surface area contributed by atoms with Gasteiger partial charge in [-0.1, -0.05) is 31.9 Å². The molecule has 0 aromatic heterocycles. The minimum atomic E-state index is -4.99. The SMILES string of the molecule is CCCCCN(CCO)S(=O)(=O)c1ccccc1OC(F)(F)F. The average Bonchev–Trinajstić information content (AvgIpc) is 2.45. The Morgan fingerprint density at radius 3 is 2.39 bits per heavy atom. The molecule has 1 aromatic carbocycles. The van der Waals surface area contributed by atoms with Gasteiger partial charge in [0.05, 0.1) is 6.61 Å². The lowest BCUT2D eigenvalue weighted by atomic mass is 10.2. The number of hydrogen-bond acceptors (Lipinski definition) is 4. The molecule has 0 fully saturated rings. The summed E-state index contributed by atoms with van der Waals surface area (Å²) in [6.45, 7) is 1.45. The zero-order valence-electron chi connectivity index (χ0n) is 12.7. The third-order valence-electron chi connectivity index (χ3n) is 3.05. The van der Waals surface area contributed by atoms with Gasteiger partial charge < -0.3 is 9.84 Å². The van der Waals surface area contributed by atoms with Gasteiger partial charge in [0.15, 0.2) is 0 Å². The monoisotopic (exact) mass is 355 g/mol. The number of sulfonamides is 1. The van der Waals surface area contributed by atoms with Gasteiger partial charge in [-0.25, -0.2) is 8.42 Å². The number of nitrogens with zero attached hydrogens (tertiary/aromatic N) is 1. The number of aliphatic hydroxyl groups is 1. The van der Waals surface area contributed by atoms with Crippen LogP contribution in [0.5, 0.6) is 5.75 Å². The van der Waals surface area contributed by atoms with Crippen LogP contribution in [-0.4, -0.2) is 43.9 Å². The minimum Gasteiger partial charge on any atom is -0.404 e. The van der Waals surface area contributed by atoms with Crippen LogP contribution in [0.25, 0.3) is 0 Å². The first kappa shape index (κ1) is 19.7. The largest absolute Gasteiger partial charge is 0.573 e. The van der Waals surface area contributed by atoms with Crippen molar-refractivity contribution in [2.24, 2.45) is 0 Å². The molecule has 0 unspecified atom stereocenters. The number of halogens is 3. The number of para-hydroxylation sites is 1. The van der Waals surface area contributed by atoms with E-state index in [0.29, 0.717) is 6.42 Å². The molecule has 9 heteroatoms. The van der Waals surface area contributed by atoms with Crippen LogP contribution in [0.3, 0.4) is 0 Å². The van der Waals surface area contributed by atoms with E-state index in [-0.39, 0.29) is 13.1 Å². The van der Waals surface area contributed by atoms with Gasteiger partial charge in [0, 0.05) is 13.1 Å². The topological polar surface area (TPSA) is 66.8 Å². The second-order valence-corrected chi connectivity index (χ2v) is 6.74. The van der Waals surface area contributed by atoms with Crippen LogP contribution in [0.1, 0.15) is 26.2 Å². The molecule has 23 heavy (non-hydrogen) atoms. The summed E-state index contributed by atoms with van der Waals surface area (Å²) in [6.07, 6.45) is -2.80. The summed E-state index contributed by atoms with van der Waals surface area (Å²) in [5.74, 6) is -0.779. The van der Waals surface area contributed by atoms with Crippen molar-refractivity contribution in [3.8, 4) is 5.75 Å². The van der Waals surface area contributed by atoms with E-state index in [1.807, 2.05) is 6.92 Å². The summed E-state index contributed by atoms with van der Waals surface area (Å²) in [4.78, 5) is -0.567. The van der Waals surface area contributed by atoms with E-state index in [2.05, 4.69) is 4.74 Å². The maximum Gasteiger partial charge on any atom is 0.573 e. The molecule has 132 valence electrons. The molecule has 0 aliphatic carbocycles. The van der Waals surface area contributed by atoms with E-state index >= 15 is 0 Å². The first-order valence-electron chi connectivity index (χ1n) is 7.18. The highest BCUT2D eigenvalue weighted by Crippen LogP contribution is 2.31. The van der Waals surface area contributed by atoms with Crippen molar-refractivity contribution in [3.05, 3.63) is 24.3 Å². The summed E-state index contributed by atoms with van der Waals surface area (Å²) in [5, 5.41) is 9.04. The Morgan fingerprint density at radius 1 is 1.17 bits per heavy atom. The maximum atomic E-state index is 12.6. The Kier molecular flexibility index (Phi) is 7.30. The fourth-order valence-electron chi connectivity index (χ4n) is 2.01. The Labute approximate surface area is 133 Å². The van der Waals surface area contributed by atoms with E-state index in [4.69, 9.17) is 5.11 Å². The molecule has 5 nitrogen and oxygen atoms in total. The minimum absolute atomic E-state index is 0.122. The Morgan fingerprint density at radius 2 is 1.83 bits per heavy atom. The molecule has 0 radical (unpaired) electrons. The van der Waals surface area contributed by atoms with Gasteiger partial charge in [0.2, 0.25) is 10.0 Å². The van der Waals surface area contributed by atoms with Crippen molar-refractivity contribution in [2.75, 3.05) is 19.7 Å². The van der Waals surface area contributed by atoms with Crippen molar-refractivity contribution in [3.63, 3.8) is 0 Å². The number of benzene rings is 1. The highest BCUT2D eigenvalue weighted by Gasteiger charge is 2.35. The molecular formula is C14H20F3NO4S. The number of alkyl halides is 3. The molecular weight excluding hydrogens is 335 g/mol. The lowest BCUT2D eigenvalue weighted by molar-refractivity contribution is -0.275. The third-order valence-corrected chi connectivity index (χ3v) is 4.99. The summed E-state index contributed by atoms with van der Waals surface area (Å²) in [5.41, 5.74) is 0.